The number of ether oxygens (including phenoxy) is 4. The average Bonchev–Trinajstić information content (AvgIpc) is 2.78. The number of benzene rings is 2. The van der Waals surface area contributed by atoms with Crippen molar-refractivity contribution in [1.82, 2.24) is 5.32 Å². The second kappa shape index (κ2) is 10.0. The van der Waals surface area contributed by atoms with Gasteiger partial charge in [0, 0.05) is 11.4 Å². The molecule has 0 radical (unpaired) electrons. The van der Waals surface area contributed by atoms with Crippen molar-refractivity contribution in [3.05, 3.63) is 58.8 Å². The molecule has 0 aliphatic carbocycles. The molecule has 10 heteroatoms. The van der Waals surface area contributed by atoms with Crippen molar-refractivity contribution >= 4 is 29.0 Å². The number of carbonyl (C=O) groups is 1. The van der Waals surface area contributed by atoms with Crippen LogP contribution in [0, 0.1) is 6.92 Å². The smallest absolute Gasteiger partial charge is 0.387 e. The molecule has 176 valence electrons. The lowest BCUT2D eigenvalue weighted by Gasteiger charge is -2.37. The number of hydrogen-bond donors (Lipinski definition) is 1. The van der Waals surface area contributed by atoms with E-state index in [0.717, 1.165) is 11.3 Å². The number of methoxy groups -OCH3 is 3. The quantitative estimate of drug-likeness (QED) is 0.461. The highest BCUT2D eigenvalue weighted by Crippen LogP contribution is 2.43. The number of alkyl halides is 2. The molecule has 0 bridgehead atoms. The minimum Gasteiger partial charge on any atom is -0.493 e. The molecule has 1 atom stereocenters. The molecule has 0 aromatic heterocycles. The first kappa shape index (κ1) is 24.2. The van der Waals surface area contributed by atoms with Gasteiger partial charge >= 0.3 is 12.6 Å². The lowest BCUT2D eigenvalue weighted by atomic mass is 9.94. The lowest BCUT2D eigenvalue weighted by molar-refractivity contribution is -0.136. The Bertz CT molecular complexity index is 1080. The van der Waals surface area contributed by atoms with Gasteiger partial charge in [0.2, 0.25) is 5.75 Å². The first-order chi connectivity index (χ1) is 15.7. The van der Waals surface area contributed by atoms with Crippen LogP contribution in [-0.4, -0.2) is 39.0 Å². The van der Waals surface area contributed by atoms with E-state index in [4.69, 9.17) is 26.4 Å². The van der Waals surface area contributed by atoms with Gasteiger partial charge in [-0.25, -0.2) is 4.79 Å². The number of halogens is 2. The van der Waals surface area contributed by atoms with E-state index in [9.17, 15) is 13.6 Å². The second-order valence-corrected chi connectivity index (χ2v) is 7.57. The summed E-state index contributed by atoms with van der Waals surface area (Å²) in [5.74, 6) is -0.796. The van der Waals surface area contributed by atoms with Crippen LogP contribution >= 0.6 is 12.2 Å². The van der Waals surface area contributed by atoms with E-state index >= 15 is 0 Å². The molecule has 0 fully saturated rings. The number of thiocarbonyl (C=S) groups is 1. The lowest BCUT2D eigenvalue weighted by Crippen LogP contribution is -2.48. The fourth-order valence-electron chi connectivity index (χ4n) is 3.72. The summed E-state index contributed by atoms with van der Waals surface area (Å²) in [6, 6.07) is 9.88. The molecule has 33 heavy (non-hydrogen) atoms. The van der Waals surface area contributed by atoms with Crippen molar-refractivity contribution in [2.24, 2.45) is 0 Å². The van der Waals surface area contributed by atoms with Gasteiger partial charge in [0.25, 0.3) is 0 Å². The number of allylic oxidation sites excluding steroid dienone is 1. The third-order valence-corrected chi connectivity index (χ3v) is 5.47. The van der Waals surface area contributed by atoms with Gasteiger partial charge in [-0.1, -0.05) is 12.1 Å². The molecule has 2 aromatic rings. The molecule has 0 saturated heterocycles. The predicted molar refractivity (Wildman–Crippen MR) is 123 cm³/mol. The molecule has 1 N–H and O–H groups in total. The van der Waals surface area contributed by atoms with Crippen LogP contribution in [0.3, 0.4) is 0 Å². The SMILES string of the molecule is COC(=O)C1=C(C)N(c2cccc(C)c2)C(=S)N[C@H]1c1cc(OC)c(OC(F)F)c(OC)c1. The van der Waals surface area contributed by atoms with Crippen LogP contribution in [0.1, 0.15) is 24.1 Å². The molecular weight excluding hydrogens is 454 g/mol. The van der Waals surface area contributed by atoms with Crippen molar-refractivity contribution in [3.8, 4) is 17.2 Å². The van der Waals surface area contributed by atoms with E-state index in [-0.39, 0.29) is 17.2 Å². The van der Waals surface area contributed by atoms with Gasteiger partial charge in [0.05, 0.1) is 32.9 Å². The number of rotatable bonds is 7. The standard InChI is InChI=1S/C23H24F2N2O5S/c1-12-7-6-8-15(9-12)27-13(2)18(21(28)31-5)19(26-23(27)33)14-10-16(29-3)20(32-22(24)25)17(11-14)30-4/h6-11,19,22H,1-5H3,(H,26,33)/t19-/m0/s1. The summed E-state index contributed by atoms with van der Waals surface area (Å²) < 4.78 is 46.0. The molecule has 2 aromatic carbocycles. The van der Waals surface area contributed by atoms with Crippen LogP contribution in [0.2, 0.25) is 0 Å². The summed E-state index contributed by atoms with van der Waals surface area (Å²) in [5, 5.41) is 3.51. The van der Waals surface area contributed by atoms with Crippen molar-refractivity contribution < 1.29 is 32.5 Å². The number of hydrogen-bond acceptors (Lipinski definition) is 6. The van der Waals surface area contributed by atoms with Gasteiger partial charge < -0.3 is 24.3 Å². The topological polar surface area (TPSA) is 69.3 Å². The molecule has 1 aliphatic rings. The summed E-state index contributed by atoms with van der Waals surface area (Å²) in [4.78, 5) is 14.6. The number of aryl methyl sites for hydroxylation is 1. The van der Waals surface area contributed by atoms with Crippen LogP contribution in [0.25, 0.3) is 0 Å². The third kappa shape index (κ3) is 4.85. The Kier molecular flexibility index (Phi) is 7.37. The Morgan fingerprint density at radius 1 is 1.09 bits per heavy atom. The van der Waals surface area contributed by atoms with Crippen LogP contribution < -0.4 is 24.4 Å². The van der Waals surface area contributed by atoms with Crippen LogP contribution in [0.15, 0.2) is 47.7 Å². The zero-order valence-corrected chi connectivity index (χ0v) is 19.6. The second-order valence-electron chi connectivity index (χ2n) is 7.18. The maximum Gasteiger partial charge on any atom is 0.387 e. The third-order valence-electron chi connectivity index (χ3n) is 5.17. The average molecular weight is 479 g/mol. The summed E-state index contributed by atoms with van der Waals surface area (Å²) in [5.41, 5.74) is 3.14. The van der Waals surface area contributed by atoms with E-state index in [2.05, 4.69) is 10.1 Å². The van der Waals surface area contributed by atoms with E-state index in [1.807, 2.05) is 31.2 Å². The van der Waals surface area contributed by atoms with Gasteiger partial charge in [0.1, 0.15) is 0 Å². The van der Waals surface area contributed by atoms with E-state index in [1.54, 1.807) is 11.8 Å². The maximum absolute atomic E-state index is 12.9. The van der Waals surface area contributed by atoms with Gasteiger partial charge in [0.15, 0.2) is 16.6 Å². The van der Waals surface area contributed by atoms with Crippen molar-refractivity contribution in [1.29, 1.82) is 0 Å². The van der Waals surface area contributed by atoms with Crippen molar-refractivity contribution in [2.75, 3.05) is 26.2 Å². The predicted octanol–water partition coefficient (Wildman–Crippen LogP) is 4.50. The zero-order valence-electron chi connectivity index (χ0n) is 18.8. The van der Waals surface area contributed by atoms with Gasteiger partial charge in [-0.3, -0.25) is 4.90 Å². The summed E-state index contributed by atoms with van der Waals surface area (Å²) in [7, 11) is 3.92. The number of nitrogens with one attached hydrogen (secondary N) is 1. The van der Waals surface area contributed by atoms with E-state index < -0.39 is 18.6 Å². The number of carbonyl (C=O) groups excluding carboxylic acids is 1. The molecule has 1 aliphatic heterocycles. The van der Waals surface area contributed by atoms with E-state index in [0.29, 0.717) is 21.9 Å². The number of esters is 1. The Hall–Kier alpha value is -3.40. The van der Waals surface area contributed by atoms with Crippen LogP contribution in [-0.2, 0) is 9.53 Å². The summed E-state index contributed by atoms with van der Waals surface area (Å²) in [6.45, 7) is 0.640. The van der Waals surface area contributed by atoms with Crippen molar-refractivity contribution in [2.45, 2.75) is 26.5 Å². The molecule has 7 nitrogen and oxygen atoms in total. The highest BCUT2D eigenvalue weighted by atomic mass is 32.1. The molecule has 0 unspecified atom stereocenters. The Labute approximate surface area is 195 Å². The van der Waals surface area contributed by atoms with Gasteiger partial charge in [-0.2, -0.15) is 8.78 Å². The monoisotopic (exact) mass is 478 g/mol. The fourth-order valence-corrected chi connectivity index (χ4v) is 4.08. The minimum atomic E-state index is -3.07. The highest BCUT2D eigenvalue weighted by Gasteiger charge is 2.36. The first-order valence-electron chi connectivity index (χ1n) is 9.88. The fraction of sp³-hybridized carbons (Fsp3) is 0.304. The van der Waals surface area contributed by atoms with Gasteiger partial charge in [-0.15, -0.1) is 0 Å². The zero-order chi connectivity index (χ0) is 24.3. The maximum atomic E-state index is 12.9. The molecular formula is C23H24F2N2O5S. The largest absolute Gasteiger partial charge is 0.493 e. The van der Waals surface area contributed by atoms with Crippen LogP contribution in [0.4, 0.5) is 14.5 Å². The first-order valence-corrected chi connectivity index (χ1v) is 10.3. The Morgan fingerprint density at radius 3 is 2.24 bits per heavy atom. The number of anilines is 1. The minimum absolute atomic E-state index is 0.0142. The molecule has 0 amide bonds. The molecule has 0 spiro atoms. The molecule has 3 rings (SSSR count). The van der Waals surface area contributed by atoms with Crippen molar-refractivity contribution in [3.63, 3.8) is 0 Å². The van der Waals surface area contributed by atoms with Crippen LogP contribution in [0.5, 0.6) is 17.2 Å². The van der Waals surface area contributed by atoms with Gasteiger partial charge in [-0.05, 0) is 61.5 Å². The Morgan fingerprint density at radius 2 is 1.73 bits per heavy atom. The molecule has 0 saturated carbocycles. The Balaban J connectivity index is 2.18. The normalized spacial score (nSPS) is 15.9. The highest BCUT2D eigenvalue weighted by molar-refractivity contribution is 7.80. The molecule has 1 heterocycles. The summed E-state index contributed by atoms with van der Waals surface area (Å²) >= 11 is 5.63. The van der Waals surface area contributed by atoms with E-state index in [1.165, 1.54) is 33.5 Å². The number of nitrogens with zero attached hydrogens (tertiary/aromatic N) is 1. The summed E-state index contributed by atoms with van der Waals surface area (Å²) in [6.07, 6.45) is 0.